The van der Waals surface area contributed by atoms with Crippen LogP contribution in [0.5, 0.6) is 0 Å². The zero-order chi connectivity index (χ0) is 17.7. The molecule has 0 amide bonds. The minimum atomic E-state index is -0.270. The van der Waals surface area contributed by atoms with E-state index in [1.807, 2.05) is 30.0 Å². The van der Waals surface area contributed by atoms with Crippen LogP contribution in [0.1, 0.15) is 17.5 Å². The van der Waals surface area contributed by atoms with Crippen molar-refractivity contribution in [3.8, 4) is 0 Å². The fourth-order valence-electron chi connectivity index (χ4n) is 3.82. The van der Waals surface area contributed by atoms with E-state index in [4.69, 9.17) is 4.99 Å². The summed E-state index contributed by atoms with van der Waals surface area (Å²) in [4.78, 5) is 14.1. The topological polar surface area (TPSA) is 49.6 Å². The van der Waals surface area contributed by atoms with Gasteiger partial charge in [-0.05, 0) is 42.0 Å². The maximum atomic E-state index is 13.9. The quantitative estimate of drug-likeness (QED) is 0.879. The largest absolute Gasteiger partial charge is 0.326 e. The summed E-state index contributed by atoms with van der Waals surface area (Å²) >= 11 is 1.83. The van der Waals surface area contributed by atoms with E-state index in [1.165, 1.54) is 12.1 Å². The predicted molar refractivity (Wildman–Crippen MR) is 105 cm³/mol. The van der Waals surface area contributed by atoms with E-state index in [1.54, 1.807) is 19.3 Å². The molecule has 3 aliphatic rings. The molecule has 1 aromatic heterocycles. The van der Waals surface area contributed by atoms with Gasteiger partial charge in [-0.3, -0.25) is 9.98 Å². The molecule has 1 aliphatic carbocycles. The molecule has 1 saturated carbocycles. The first-order valence-electron chi connectivity index (χ1n) is 8.58. The molecule has 0 bridgehead atoms. The van der Waals surface area contributed by atoms with E-state index in [-0.39, 0.29) is 16.6 Å². The lowest BCUT2D eigenvalue weighted by atomic mass is 10.0. The van der Waals surface area contributed by atoms with E-state index in [9.17, 15) is 4.39 Å². The molecule has 3 heterocycles. The number of nitrogens with zero attached hydrogens (tertiary/aromatic N) is 3. The Morgan fingerprint density at radius 1 is 1.31 bits per heavy atom. The average Bonchev–Trinajstić information content (AvgIpc) is 3.27. The number of pyridine rings is 1. The Bertz CT molecular complexity index is 983. The van der Waals surface area contributed by atoms with Gasteiger partial charge < -0.3 is 5.32 Å². The van der Waals surface area contributed by atoms with Crippen LogP contribution in [0.3, 0.4) is 0 Å². The zero-order valence-corrected chi connectivity index (χ0v) is 15.0. The minimum Gasteiger partial charge on any atom is -0.326 e. The van der Waals surface area contributed by atoms with Crippen molar-refractivity contribution in [1.82, 2.24) is 4.98 Å². The lowest BCUT2D eigenvalue weighted by Crippen LogP contribution is -2.37. The second-order valence-electron chi connectivity index (χ2n) is 6.74. The standard InChI is InChI=1S/C20H17FN4S/c1-22-19-17(20-11-13(20)7-9-26-20)24-16(12-4-2-5-14(21)10-12)15-6-3-8-23-18(15)25-19/h2-10,13,17H,11H2,1H3,(H,22,23,25). The first kappa shape index (κ1) is 15.8. The molecular formula is C20H17FN4S. The van der Waals surface area contributed by atoms with Crippen LogP contribution in [0.25, 0.3) is 0 Å². The summed E-state index contributed by atoms with van der Waals surface area (Å²) in [5, 5.41) is 5.55. The third-order valence-electron chi connectivity index (χ3n) is 5.23. The Morgan fingerprint density at radius 2 is 2.23 bits per heavy atom. The average molecular weight is 364 g/mol. The summed E-state index contributed by atoms with van der Waals surface area (Å²) in [7, 11) is 1.78. The van der Waals surface area contributed by atoms with Gasteiger partial charge in [0.15, 0.2) is 0 Å². The zero-order valence-electron chi connectivity index (χ0n) is 14.2. The minimum absolute atomic E-state index is 0.0163. The Labute approximate surface area is 155 Å². The Balaban J connectivity index is 1.71. The number of benzene rings is 1. The van der Waals surface area contributed by atoms with Gasteiger partial charge in [-0.15, -0.1) is 11.8 Å². The van der Waals surface area contributed by atoms with Crippen LogP contribution >= 0.6 is 11.8 Å². The summed E-state index contributed by atoms with van der Waals surface area (Å²) in [5.74, 6) is 1.77. The first-order chi connectivity index (χ1) is 12.7. The molecule has 1 N–H and O–H groups in total. The normalized spacial score (nSPS) is 30.2. The van der Waals surface area contributed by atoms with Gasteiger partial charge in [-0.25, -0.2) is 9.37 Å². The summed E-state index contributed by atoms with van der Waals surface area (Å²) < 4.78 is 13.9. The molecule has 4 nitrogen and oxygen atoms in total. The monoisotopic (exact) mass is 364 g/mol. The van der Waals surface area contributed by atoms with E-state index >= 15 is 0 Å². The molecule has 1 fully saturated rings. The maximum absolute atomic E-state index is 13.9. The number of hydrogen-bond acceptors (Lipinski definition) is 4. The number of aliphatic imine (C=N–C) groups is 2. The fraction of sp³-hybridized carbons (Fsp3) is 0.250. The molecule has 6 heteroatoms. The summed E-state index contributed by atoms with van der Waals surface area (Å²) in [5.41, 5.74) is 2.38. The number of allylic oxidation sites excluding steroid dienone is 1. The van der Waals surface area contributed by atoms with E-state index < -0.39 is 0 Å². The number of thioether (sulfide) groups is 1. The SMILES string of the molecule is CN=C1Nc2ncccc2C(c2cccc(F)c2)=NC1C12CC1C=CS2. The lowest BCUT2D eigenvalue weighted by Gasteiger charge is -2.22. The molecule has 0 saturated heterocycles. The van der Waals surface area contributed by atoms with Gasteiger partial charge in [0.1, 0.15) is 23.5 Å². The number of aromatic nitrogens is 1. The van der Waals surface area contributed by atoms with Gasteiger partial charge in [-0.1, -0.05) is 18.2 Å². The van der Waals surface area contributed by atoms with Crippen LogP contribution < -0.4 is 5.32 Å². The van der Waals surface area contributed by atoms with Crippen molar-refractivity contribution in [2.45, 2.75) is 17.2 Å². The van der Waals surface area contributed by atoms with Crippen LogP contribution in [-0.4, -0.2) is 34.4 Å². The van der Waals surface area contributed by atoms with Crippen molar-refractivity contribution in [3.05, 3.63) is 71.0 Å². The van der Waals surface area contributed by atoms with Gasteiger partial charge in [-0.2, -0.15) is 0 Å². The van der Waals surface area contributed by atoms with Crippen molar-refractivity contribution in [3.63, 3.8) is 0 Å². The van der Waals surface area contributed by atoms with Gasteiger partial charge in [0, 0.05) is 24.4 Å². The van der Waals surface area contributed by atoms with E-state index in [2.05, 4.69) is 26.8 Å². The number of halogens is 1. The van der Waals surface area contributed by atoms with Crippen molar-refractivity contribution in [1.29, 1.82) is 0 Å². The maximum Gasteiger partial charge on any atom is 0.140 e. The second-order valence-corrected chi connectivity index (χ2v) is 8.00. The Morgan fingerprint density at radius 3 is 2.96 bits per heavy atom. The summed E-state index contributed by atoms with van der Waals surface area (Å²) in [6.07, 6.45) is 5.08. The van der Waals surface area contributed by atoms with Crippen LogP contribution in [0.15, 0.2) is 64.1 Å². The Hall–Kier alpha value is -2.47. The van der Waals surface area contributed by atoms with Gasteiger partial charge in [0.2, 0.25) is 0 Å². The Kier molecular flexibility index (Phi) is 3.50. The first-order valence-corrected chi connectivity index (χ1v) is 9.46. The highest BCUT2D eigenvalue weighted by atomic mass is 32.2. The lowest BCUT2D eigenvalue weighted by molar-refractivity contribution is 0.627. The number of rotatable bonds is 2. The molecule has 5 rings (SSSR count). The summed E-state index contributed by atoms with van der Waals surface area (Å²) in [6.45, 7) is 0. The van der Waals surface area contributed by atoms with Gasteiger partial charge in [0.05, 0.1) is 10.5 Å². The second kappa shape index (κ2) is 5.77. The smallest absolute Gasteiger partial charge is 0.140 e. The number of amidine groups is 1. The predicted octanol–water partition coefficient (Wildman–Crippen LogP) is 3.90. The molecule has 26 heavy (non-hydrogen) atoms. The highest BCUT2D eigenvalue weighted by Crippen LogP contribution is 2.63. The molecular weight excluding hydrogens is 347 g/mol. The van der Waals surface area contributed by atoms with Gasteiger partial charge >= 0.3 is 0 Å². The van der Waals surface area contributed by atoms with Gasteiger partial charge in [0.25, 0.3) is 0 Å². The molecule has 1 aromatic carbocycles. The third kappa shape index (κ3) is 2.32. The highest BCUT2D eigenvalue weighted by molar-refractivity contribution is 8.04. The molecule has 0 spiro atoms. The molecule has 2 aliphatic heterocycles. The van der Waals surface area contributed by atoms with Crippen LogP contribution in [0.4, 0.5) is 10.2 Å². The molecule has 130 valence electrons. The van der Waals surface area contributed by atoms with Crippen molar-refractivity contribution < 1.29 is 4.39 Å². The molecule has 2 aromatic rings. The molecule has 3 unspecified atom stereocenters. The fourth-order valence-corrected chi connectivity index (χ4v) is 5.17. The van der Waals surface area contributed by atoms with Crippen LogP contribution in [0.2, 0.25) is 0 Å². The third-order valence-corrected chi connectivity index (χ3v) is 6.66. The number of fused-ring (bicyclic) bond motifs is 2. The van der Waals surface area contributed by atoms with Crippen molar-refractivity contribution >= 4 is 29.1 Å². The molecule has 0 radical (unpaired) electrons. The van der Waals surface area contributed by atoms with Crippen molar-refractivity contribution in [2.75, 3.05) is 12.4 Å². The van der Waals surface area contributed by atoms with E-state index in [0.717, 1.165) is 29.1 Å². The number of nitrogens with one attached hydrogen (secondary N) is 1. The highest BCUT2D eigenvalue weighted by Gasteiger charge is 2.62. The van der Waals surface area contributed by atoms with Crippen molar-refractivity contribution in [2.24, 2.45) is 15.9 Å². The number of hydrogen-bond donors (Lipinski definition) is 1. The van der Waals surface area contributed by atoms with E-state index in [0.29, 0.717) is 11.7 Å². The van der Waals surface area contributed by atoms with Crippen LogP contribution in [-0.2, 0) is 0 Å². The molecule has 3 atom stereocenters. The summed E-state index contributed by atoms with van der Waals surface area (Å²) in [6, 6.07) is 10.3. The number of anilines is 1. The van der Waals surface area contributed by atoms with Crippen LogP contribution in [0, 0.1) is 11.7 Å².